The molecular formula is C35H46ClN3O3. The maximum atomic E-state index is 12.6. The topological polar surface area (TPSA) is 65.0 Å². The predicted octanol–water partition coefficient (Wildman–Crippen LogP) is 8.07. The van der Waals surface area contributed by atoms with Crippen molar-refractivity contribution in [3.8, 4) is 16.9 Å². The molecule has 0 spiro atoms. The van der Waals surface area contributed by atoms with Crippen molar-refractivity contribution < 1.29 is 14.6 Å². The van der Waals surface area contributed by atoms with Crippen molar-refractivity contribution in [1.82, 2.24) is 9.80 Å². The summed E-state index contributed by atoms with van der Waals surface area (Å²) in [7, 11) is 1.81. The highest BCUT2D eigenvalue weighted by Crippen LogP contribution is 2.28. The second-order valence-electron chi connectivity index (χ2n) is 11.3. The Kier molecular flexibility index (Phi) is 13.0. The lowest BCUT2D eigenvalue weighted by atomic mass is 10.0. The molecule has 0 bridgehead atoms. The Morgan fingerprint density at radius 3 is 2.33 bits per heavy atom. The number of para-hydroxylation sites is 1. The van der Waals surface area contributed by atoms with Crippen molar-refractivity contribution in [2.45, 2.75) is 63.9 Å². The highest BCUT2D eigenvalue weighted by atomic mass is 35.5. The number of hydrogen-bond donors (Lipinski definition) is 2. The molecule has 1 amide bonds. The van der Waals surface area contributed by atoms with Crippen LogP contribution in [0.15, 0.2) is 72.8 Å². The van der Waals surface area contributed by atoms with Gasteiger partial charge in [0.1, 0.15) is 12.5 Å². The minimum atomic E-state index is -0.100. The molecule has 3 aromatic carbocycles. The maximum Gasteiger partial charge on any atom is 0.255 e. The number of nitrogens with zero attached hydrogens (tertiary/aromatic N) is 2. The molecule has 1 heterocycles. The summed E-state index contributed by atoms with van der Waals surface area (Å²) >= 11 is 6.11. The Morgan fingerprint density at radius 2 is 1.60 bits per heavy atom. The lowest BCUT2D eigenvalue weighted by molar-refractivity contribution is 0.0165. The summed E-state index contributed by atoms with van der Waals surface area (Å²) < 4.78 is 6.20. The molecule has 1 saturated heterocycles. The van der Waals surface area contributed by atoms with Gasteiger partial charge in [-0.15, -0.1) is 0 Å². The van der Waals surface area contributed by atoms with Crippen LogP contribution in [0.3, 0.4) is 0 Å². The molecule has 0 unspecified atom stereocenters. The van der Waals surface area contributed by atoms with Crippen LogP contribution < -0.4 is 5.32 Å². The van der Waals surface area contributed by atoms with Crippen LogP contribution in [-0.4, -0.2) is 66.9 Å². The van der Waals surface area contributed by atoms with Gasteiger partial charge >= 0.3 is 0 Å². The number of phenolic OH excluding ortho intramolecular Hbond substituents is 1. The zero-order valence-electron chi connectivity index (χ0n) is 24.9. The molecule has 1 aliphatic heterocycles. The molecule has 6 nitrogen and oxygen atoms in total. The number of phenols is 1. The molecule has 0 aliphatic carbocycles. The third kappa shape index (κ3) is 10.0. The van der Waals surface area contributed by atoms with Gasteiger partial charge in [-0.1, -0.05) is 92.2 Å². The summed E-state index contributed by atoms with van der Waals surface area (Å²) in [5.74, 6) is -0.0312. The van der Waals surface area contributed by atoms with Crippen molar-refractivity contribution in [2.24, 2.45) is 0 Å². The van der Waals surface area contributed by atoms with Crippen LogP contribution in [0.5, 0.6) is 5.75 Å². The third-order valence-corrected chi connectivity index (χ3v) is 8.44. The quantitative estimate of drug-likeness (QED) is 0.130. The number of rotatable bonds is 16. The molecule has 0 saturated carbocycles. The van der Waals surface area contributed by atoms with E-state index in [2.05, 4.69) is 58.7 Å². The van der Waals surface area contributed by atoms with E-state index in [1.807, 2.05) is 13.1 Å². The summed E-state index contributed by atoms with van der Waals surface area (Å²) in [6.45, 7) is 4.67. The number of benzene rings is 3. The van der Waals surface area contributed by atoms with Crippen LogP contribution in [0.1, 0.15) is 68.1 Å². The van der Waals surface area contributed by atoms with Crippen molar-refractivity contribution in [2.75, 3.05) is 45.3 Å². The lowest BCUT2D eigenvalue weighted by Crippen LogP contribution is -2.38. The number of carbonyl (C=O) groups excluding carboxylic acids is 1. The van der Waals surface area contributed by atoms with Crippen LogP contribution in [0.25, 0.3) is 11.1 Å². The second-order valence-corrected chi connectivity index (χ2v) is 11.7. The van der Waals surface area contributed by atoms with Gasteiger partial charge in [-0.2, -0.15) is 0 Å². The molecule has 1 fully saturated rings. The molecule has 226 valence electrons. The van der Waals surface area contributed by atoms with Crippen LogP contribution in [-0.2, 0) is 4.74 Å². The molecule has 0 atom stereocenters. The number of piperidine rings is 1. The average Bonchev–Trinajstić information content (AvgIpc) is 3.01. The molecule has 42 heavy (non-hydrogen) atoms. The normalized spacial score (nSPS) is 14.1. The van der Waals surface area contributed by atoms with Crippen LogP contribution in [0, 0.1) is 0 Å². The van der Waals surface area contributed by atoms with E-state index in [1.54, 1.807) is 11.0 Å². The Bertz CT molecular complexity index is 1230. The van der Waals surface area contributed by atoms with Gasteiger partial charge in [0.05, 0.1) is 16.7 Å². The van der Waals surface area contributed by atoms with E-state index in [0.29, 0.717) is 30.0 Å². The van der Waals surface area contributed by atoms with Gasteiger partial charge in [-0.05, 0) is 62.1 Å². The number of aromatic hydroxyl groups is 1. The van der Waals surface area contributed by atoms with E-state index >= 15 is 0 Å². The molecule has 1 aliphatic rings. The van der Waals surface area contributed by atoms with Crippen LogP contribution >= 0.6 is 11.6 Å². The van der Waals surface area contributed by atoms with E-state index in [-0.39, 0.29) is 11.7 Å². The largest absolute Gasteiger partial charge is 0.508 e. The van der Waals surface area contributed by atoms with Crippen molar-refractivity contribution in [3.05, 3.63) is 83.4 Å². The number of halogens is 1. The van der Waals surface area contributed by atoms with Crippen molar-refractivity contribution in [3.63, 3.8) is 0 Å². The average molecular weight is 592 g/mol. The first-order valence-corrected chi connectivity index (χ1v) is 15.9. The number of nitrogens with one attached hydrogen (secondary N) is 1. The van der Waals surface area contributed by atoms with E-state index in [4.69, 9.17) is 16.3 Å². The van der Waals surface area contributed by atoms with E-state index < -0.39 is 0 Å². The minimum Gasteiger partial charge on any atom is -0.508 e. The number of hydrogen-bond acceptors (Lipinski definition) is 5. The van der Waals surface area contributed by atoms with Crippen LogP contribution in [0.2, 0.25) is 5.02 Å². The Balaban J connectivity index is 0.997. The molecule has 0 radical (unpaired) electrons. The maximum absolute atomic E-state index is 12.6. The van der Waals surface area contributed by atoms with Crippen LogP contribution in [0.4, 0.5) is 5.69 Å². The Morgan fingerprint density at radius 1 is 0.929 bits per heavy atom. The predicted molar refractivity (Wildman–Crippen MR) is 173 cm³/mol. The molecule has 3 aromatic rings. The van der Waals surface area contributed by atoms with Gasteiger partial charge in [0.2, 0.25) is 0 Å². The summed E-state index contributed by atoms with van der Waals surface area (Å²) in [5.41, 5.74) is 3.96. The fourth-order valence-electron chi connectivity index (χ4n) is 5.60. The molecule has 4 rings (SSSR count). The SMILES string of the molecule is CN(CCCCCCCCCN1CCC(OCNc2ccccc2-c2ccccc2)CC1)C(=O)c1ccc(O)cc1Cl. The molecular weight excluding hydrogens is 546 g/mol. The molecule has 0 aromatic heterocycles. The number of anilines is 1. The van der Waals surface area contributed by atoms with E-state index in [1.165, 1.54) is 61.9 Å². The number of likely N-dealkylation sites (tertiary alicyclic amines) is 1. The second kappa shape index (κ2) is 17.2. The zero-order chi connectivity index (χ0) is 29.6. The summed E-state index contributed by atoms with van der Waals surface area (Å²) in [5, 5.41) is 13.3. The summed E-state index contributed by atoms with van der Waals surface area (Å²) in [6, 6.07) is 23.4. The lowest BCUT2D eigenvalue weighted by Gasteiger charge is -2.32. The highest BCUT2D eigenvalue weighted by Gasteiger charge is 2.19. The Hall–Kier alpha value is -3.06. The standard InChI is InChI=1S/C35H46ClN3O3/c1-38(35(41)32-19-18-29(40)26-33(32)36)22-12-5-3-2-4-6-13-23-39-24-20-30(21-25-39)42-27-37-34-17-11-10-16-31(34)28-14-8-7-9-15-28/h7-11,14-19,26,30,37,40H,2-6,12-13,20-25,27H2,1H3. The fraction of sp³-hybridized carbons (Fsp3) is 0.457. The minimum absolute atomic E-state index is 0.0689. The number of carbonyl (C=O) groups is 1. The number of ether oxygens (including phenoxy) is 1. The van der Waals surface area contributed by atoms with Gasteiger partial charge in [-0.3, -0.25) is 4.79 Å². The van der Waals surface area contributed by atoms with E-state index in [9.17, 15) is 9.90 Å². The summed E-state index contributed by atoms with van der Waals surface area (Å²) in [6.07, 6.45) is 10.9. The van der Waals surface area contributed by atoms with Crippen molar-refractivity contribution in [1.29, 1.82) is 0 Å². The third-order valence-electron chi connectivity index (χ3n) is 8.13. The first-order chi connectivity index (χ1) is 20.5. The summed E-state index contributed by atoms with van der Waals surface area (Å²) in [4.78, 5) is 16.9. The Labute approximate surface area is 256 Å². The van der Waals surface area contributed by atoms with Crippen molar-refractivity contribution >= 4 is 23.2 Å². The van der Waals surface area contributed by atoms with E-state index in [0.717, 1.165) is 44.5 Å². The first-order valence-electron chi connectivity index (χ1n) is 15.5. The number of unbranched alkanes of at least 4 members (excludes halogenated alkanes) is 6. The van der Waals surface area contributed by atoms with Gasteiger partial charge in [-0.25, -0.2) is 0 Å². The smallest absolute Gasteiger partial charge is 0.255 e. The zero-order valence-corrected chi connectivity index (χ0v) is 25.7. The van der Waals surface area contributed by atoms with Gasteiger partial charge in [0, 0.05) is 37.9 Å². The van der Waals surface area contributed by atoms with Gasteiger partial charge in [0.15, 0.2) is 0 Å². The highest BCUT2D eigenvalue weighted by molar-refractivity contribution is 6.34. The molecule has 2 N–H and O–H groups in total. The fourth-order valence-corrected chi connectivity index (χ4v) is 5.85. The van der Waals surface area contributed by atoms with Gasteiger partial charge in [0.25, 0.3) is 5.91 Å². The van der Waals surface area contributed by atoms with Gasteiger partial charge < -0.3 is 25.0 Å². The first kappa shape index (κ1) is 31.9. The molecule has 7 heteroatoms. The number of amides is 1. The monoisotopic (exact) mass is 591 g/mol.